The molecule has 4 heterocycles. The van der Waals surface area contributed by atoms with Gasteiger partial charge in [-0.1, -0.05) is 71.5 Å². The molecule has 1 spiro atoms. The number of thiazole rings is 1. The Balaban J connectivity index is 1.52. The predicted molar refractivity (Wildman–Crippen MR) is 162 cm³/mol. The number of hydrogen-bond donors (Lipinski definition) is 0. The zero-order valence-electron chi connectivity index (χ0n) is 23.5. The van der Waals surface area contributed by atoms with Gasteiger partial charge in [0.25, 0.3) is 11.8 Å². The minimum Gasteiger partial charge on any atom is -0.462 e. The molecule has 5 aromatic rings. The number of ether oxygens (including phenoxy) is 1. The van der Waals surface area contributed by atoms with E-state index < -0.39 is 28.8 Å². The number of aryl methyl sites for hydroxylation is 2. The van der Waals surface area contributed by atoms with Gasteiger partial charge >= 0.3 is 5.97 Å². The number of amides is 2. The first-order chi connectivity index (χ1) is 20.8. The van der Waals surface area contributed by atoms with Crippen molar-refractivity contribution in [3.05, 3.63) is 122 Å². The van der Waals surface area contributed by atoms with E-state index in [2.05, 4.69) is 4.98 Å². The van der Waals surface area contributed by atoms with Gasteiger partial charge in [-0.05, 0) is 44.5 Å². The summed E-state index contributed by atoms with van der Waals surface area (Å²) in [4.78, 5) is 64.1. The number of carbonyl (C=O) groups excluding carboxylic acids is 3. The molecule has 7 rings (SSSR count). The summed E-state index contributed by atoms with van der Waals surface area (Å²) in [6.07, 6.45) is 0. The van der Waals surface area contributed by atoms with E-state index in [1.807, 2.05) is 37.3 Å². The van der Waals surface area contributed by atoms with Crippen LogP contribution in [-0.2, 0) is 21.6 Å². The molecule has 0 aliphatic carbocycles. The zero-order valence-corrected chi connectivity index (χ0v) is 24.4. The molecule has 2 amide bonds. The smallest absolute Gasteiger partial charge is 0.350 e. The third-order valence-electron chi connectivity index (χ3n) is 7.93. The van der Waals surface area contributed by atoms with Crippen molar-refractivity contribution in [3.63, 3.8) is 0 Å². The SMILES string of the molecule is CCOC(=O)c1sc(N2C(=O)c3oc4ccccc4c(=O)c3C23C(=O)N(Cc2ccc(C)cc2)c2ccccc23)nc1C. The van der Waals surface area contributed by atoms with Crippen molar-refractivity contribution in [3.8, 4) is 0 Å². The van der Waals surface area contributed by atoms with Gasteiger partial charge in [0, 0.05) is 5.56 Å². The van der Waals surface area contributed by atoms with Crippen LogP contribution in [0.4, 0.5) is 10.8 Å². The number of para-hydroxylation sites is 2. The number of esters is 1. The van der Waals surface area contributed by atoms with Crippen molar-refractivity contribution in [1.29, 1.82) is 0 Å². The van der Waals surface area contributed by atoms with Gasteiger partial charge in [0.1, 0.15) is 10.5 Å². The molecule has 1 unspecified atom stereocenters. The normalized spacial score (nSPS) is 17.2. The second-order valence-corrected chi connectivity index (χ2v) is 11.5. The average molecular weight is 592 g/mol. The van der Waals surface area contributed by atoms with Gasteiger partial charge in [-0.15, -0.1) is 0 Å². The van der Waals surface area contributed by atoms with E-state index in [1.54, 1.807) is 61.2 Å². The molecule has 9 nitrogen and oxygen atoms in total. The molecule has 0 N–H and O–H groups in total. The van der Waals surface area contributed by atoms with Crippen LogP contribution in [0.25, 0.3) is 11.0 Å². The van der Waals surface area contributed by atoms with E-state index >= 15 is 4.79 Å². The van der Waals surface area contributed by atoms with E-state index in [9.17, 15) is 14.4 Å². The molecule has 0 radical (unpaired) electrons. The minimum atomic E-state index is -1.91. The summed E-state index contributed by atoms with van der Waals surface area (Å²) in [5.41, 5.74) is 1.09. The lowest BCUT2D eigenvalue weighted by Gasteiger charge is -2.32. The molecule has 214 valence electrons. The fourth-order valence-corrected chi connectivity index (χ4v) is 7.02. The number of benzene rings is 3. The van der Waals surface area contributed by atoms with E-state index in [-0.39, 0.29) is 45.5 Å². The van der Waals surface area contributed by atoms with Gasteiger partial charge in [0.05, 0.1) is 35.5 Å². The van der Waals surface area contributed by atoms with Crippen molar-refractivity contribution in [2.45, 2.75) is 32.9 Å². The second kappa shape index (κ2) is 9.74. The summed E-state index contributed by atoms with van der Waals surface area (Å²) in [5, 5.41) is 0.334. The summed E-state index contributed by atoms with van der Waals surface area (Å²) in [5.74, 6) is -1.99. The molecule has 2 aliphatic rings. The van der Waals surface area contributed by atoms with E-state index in [0.717, 1.165) is 22.5 Å². The van der Waals surface area contributed by atoms with Crippen LogP contribution in [0.3, 0.4) is 0 Å². The third-order valence-corrected chi connectivity index (χ3v) is 9.05. The number of anilines is 2. The van der Waals surface area contributed by atoms with Gasteiger partial charge in [-0.25, -0.2) is 9.78 Å². The highest BCUT2D eigenvalue weighted by Gasteiger charge is 2.66. The van der Waals surface area contributed by atoms with Crippen LogP contribution >= 0.6 is 11.3 Å². The Morgan fingerprint density at radius 3 is 2.47 bits per heavy atom. The Labute approximate surface area is 250 Å². The number of aromatic nitrogens is 1. The fraction of sp³-hybridized carbons (Fsp3) is 0.182. The number of hydrogen-bond acceptors (Lipinski definition) is 8. The molecule has 2 aromatic heterocycles. The number of fused-ring (bicyclic) bond motifs is 5. The van der Waals surface area contributed by atoms with Crippen molar-refractivity contribution in [2.24, 2.45) is 0 Å². The minimum absolute atomic E-state index is 0.0643. The fourth-order valence-electron chi connectivity index (χ4n) is 6.01. The first kappa shape index (κ1) is 26.8. The lowest BCUT2D eigenvalue weighted by molar-refractivity contribution is -0.121. The van der Waals surface area contributed by atoms with Crippen molar-refractivity contribution < 1.29 is 23.5 Å². The van der Waals surface area contributed by atoms with Gasteiger partial charge < -0.3 is 14.1 Å². The highest BCUT2D eigenvalue weighted by Crippen LogP contribution is 2.55. The number of carbonyl (C=O) groups is 3. The largest absolute Gasteiger partial charge is 0.462 e. The topological polar surface area (TPSA) is 110 Å². The Morgan fingerprint density at radius 2 is 1.70 bits per heavy atom. The Kier molecular flexibility index (Phi) is 6.07. The maximum absolute atomic E-state index is 15.0. The van der Waals surface area contributed by atoms with Crippen molar-refractivity contribution in [1.82, 2.24) is 4.98 Å². The molecule has 0 fully saturated rings. The quantitative estimate of drug-likeness (QED) is 0.249. The molecule has 0 saturated heterocycles. The van der Waals surface area contributed by atoms with E-state index in [1.165, 1.54) is 4.90 Å². The molecular formula is C33H25N3O6S. The summed E-state index contributed by atoms with van der Waals surface area (Å²) in [6, 6.07) is 21.6. The van der Waals surface area contributed by atoms with Gasteiger partial charge in [-0.3, -0.25) is 19.3 Å². The highest BCUT2D eigenvalue weighted by molar-refractivity contribution is 7.17. The summed E-state index contributed by atoms with van der Waals surface area (Å²) >= 11 is 0.939. The molecule has 3 aromatic carbocycles. The molecule has 0 bridgehead atoms. The first-order valence-corrected chi connectivity index (χ1v) is 14.6. The Hall–Kier alpha value is -5.09. The molecular weight excluding hydrogens is 566 g/mol. The van der Waals surface area contributed by atoms with Crippen LogP contribution < -0.4 is 15.2 Å². The summed E-state index contributed by atoms with van der Waals surface area (Å²) in [6.45, 7) is 5.69. The van der Waals surface area contributed by atoms with Gasteiger partial charge in [0.2, 0.25) is 5.76 Å². The second-order valence-electron chi connectivity index (χ2n) is 10.5. The first-order valence-electron chi connectivity index (χ1n) is 13.8. The van der Waals surface area contributed by atoms with Crippen LogP contribution in [0.15, 0.2) is 82.0 Å². The highest BCUT2D eigenvalue weighted by atomic mass is 32.1. The Bertz CT molecular complexity index is 2050. The lowest BCUT2D eigenvalue weighted by Crippen LogP contribution is -2.53. The van der Waals surface area contributed by atoms with Crippen LogP contribution in [0.1, 0.15) is 55.1 Å². The van der Waals surface area contributed by atoms with Crippen molar-refractivity contribution in [2.75, 3.05) is 16.4 Å². The zero-order chi connectivity index (χ0) is 30.0. The molecule has 0 saturated carbocycles. The van der Waals surface area contributed by atoms with E-state index in [4.69, 9.17) is 9.15 Å². The van der Waals surface area contributed by atoms with E-state index in [0.29, 0.717) is 16.9 Å². The van der Waals surface area contributed by atoms with Crippen molar-refractivity contribution >= 4 is 50.9 Å². The van der Waals surface area contributed by atoms with Gasteiger partial charge in [0.15, 0.2) is 16.1 Å². The molecule has 10 heteroatoms. The third kappa shape index (κ3) is 3.72. The van der Waals surface area contributed by atoms with Crippen LogP contribution in [-0.4, -0.2) is 29.4 Å². The van der Waals surface area contributed by atoms with Crippen LogP contribution in [0, 0.1) is 13.8 Å². The monoisotopic (exact) mass is 591 g/mol. The molecule has 43 heavy (non-hydrogen) atoms. The standard InChI is InChI=1S/C33H25N3O6S/c1-4-41-30(39)28-19(3)34-32(43-28)36-29(38)27-25(26(37)21-9-5-8-12-24(21)42-27)33(36)22-10-6-7-11-23(22)35(31(33)40)17-20-15-13-18(2)14-16-20/h5-16H,4,17H2,1-3H3. The summed E-state index contributed by atoms with van der Waals surface area (Å²) in [7, 11) is 0. The maximum atomic E-state index is 15.0. The number of rotatable bonds is 5. The van der Waals surface area contributed by atoms with Crippen LogP contribution in [0.2, 0.25) is 0 Å². The molecule has 2 aliphatic heterocycles. The van der Waals surface area contributed by atoms with Crippen LogP contribution in [0.5, 0.6) is 0 Å². The Morgan fingerprint density at radius 1 is 0.977 bits per heavy atom. The molecule has 1 atom stereocenters. The predicted octanol–water partition coefficient (Wildman–Crippen LogP) is 5.49. The number of nitrogens with zero attached hydrogens (tertiary/aromatic N) is 3. The average Bonchev–Trinajstić information content (AvgIpc) is 3.59. The lowest BCUT2D eigenvalue weighted by atomic mass is 9.84. The summed E-state index contributed by atoms with van der Waals surface area (Å²) < 4.78 is 11.3. The van der Waals surface area contributed by atoms with Gasteiger partial charge in [-0.2, -0.15) is 0 Å². The maximum Gasteiger partial charge on any atom is 0.350 e.